The molecule has 3 N–H and O–H groups in total. The van der Waals surface area contributed by atoms with Gasteiger partial charge in [0.1, 0.15) is 11.6 Å². The highest BCUT2D eigenvalue weighted by Crippen LogP contribution is 2.22. The maximum atomic E-state index is 5.64. The first-order valence-electron chi connectivity index (χ1n) is 7.24. The van der Waals surface area contributed by atoms with Crippen molar-refractivity contribution in [1.82, 2.24) is 9.97 Å². The summed E-state index contributed by atoms with van der Waals surface area (Å²) in [4.78, 5) is 8.99. The third-order valence-electron chi connectivity index (χ3n) is 2.92. The van der Waals surface area contributed by atoms with Crippen molar-refractivity contribution < 1.29 is 4.74 Å². The van der Waals surface area contributed by atoms with Crippen LogP contribution >= 0.6 is 0 Å². The van der Waals surface area contributed by atoms with Crippen LogP contribution in [0.5, 0.6) is 5.75 Å². The summed E-state index contributed by atoms with van der Waals surface area (Å²) in [6.45, 7) is 6.13. The number of hydrazine groups is 1. The molecule has 0 saturated heterocycles. The Bertz CT molecular complexity index is 581. The molecule has 0 atom stereocenters. The monoisotopic (exact) mass is 286 g/mol. The fourth-order valence-corrected chi connectivity index (χ4v) is 2.04. The van der Waals surface area contributed by atoms with Gasteiger partial charge in [0.15, 0.2) is 5.82 Å². The number of aromatic nitrogens is 2. The normalized spacial score (nSPS) is 10.7. The van der Waals surface area contributed by atoms with E-state index in [9.17, 15) is 0 Å². The number of benzene rings is 1. The lowest BCUT2D eigenvalue weighted by atomic mass is 10.2. The van der Waals surface area contributed by atoms with Gasteiger partial charge in [0, 0.05) is 17.3 Å². The molecule has 5 nitrogen and oxygen atoms in total. The molecule has 2 aromatic rings. The van der Waals surface area contributed by atoms with Gasteiger partial charge in [-0.1, -0.05) is 13.3 Å². The minimum Gasteiger partial charge on any atom is -0.491 e. The van der Waals surface area contributed by atoms with Crippen LogP contribution in [0.2, 0.25) is 0 Å². The number of rotatable bonds is 6. The first-order valence-corrected chi connectivity index (χ1v) is 7.24. The molecule has 112 valence electrons. The summed E-state index contributed by atoms with van der Waals surface area (Å²) in [6.07, 6.45) is 2.09. The number of hydrogen-bond donors (Lipinski definition) is 2. The molecule has 0 saturated carbocycles. The van der Waals surface area contributed by atoms with E-state index >= 15 is 0 Å². The summed E-state index contributed by atoms with van der Waals surface area (Å²) in [7, 11) is 0. The highest BCUT2D eigenvalue weighted by Gasteiger charge is 2.07. The molecule has 0 unspecified atom stereocenters. The Labute approximate surface area is 125 Å². The van der Waals surface area contributed by atoms with Crippen LogP contribution in [-0.4, -0.2) is 16.1 Å². The van der Waals surface area contributed by atoms with E-state index in [0.717, 1.165) is 29.8 Å². The predicted molar refractivity (Wildman–Crippen MR) is 85.0 cm³/mol. The second-order valence-corrected chi connectivity index (χ2v) is 5.15. The molecule has 21 heavy (non-hydrogen) atoms. The highest BCUT2D eigenvalue weighted by atomic mass is 16.5. The van der Waals surface area contributed by atoms with Gasteiger partial charge in [-0.25, -0.2) is 15.8 Å². The minimum atomic E-state index is 0.160. The van der Waals surface area contributed by atoms with E-state index in [4.69, 9.17) is 10.6 Å². The molecule has 0 amide bonds. The van der Waals surface area contributed by atoms with Crippen LogP contribution in [0.1, 0.15) is 32.9 Å². The first-order chi connectivity index (χ1) is 10.1. The quantitative estimate of drug-likeness (QED) is 0.630. The molecule has 0 radical (unpaired) electrons. The molecule has 0 fully saturated rings. The zero-order chi connectivity index (χ0) is 15.2. The standard InChI is InChI=1S/C16H22N4O/c1-4-5-13-10-15(20-17)19-16(18-13)12-6-8-14(9-7-12)21-11(2)3/h6-11H,4-5,17H2,1-3H3,(H,18,19,20). The molecule has 0 spiro atoms. The molecule has 0 aliphatic carbocycles. The molecule has 5 heteroatoms. The maximum Gasteiger partial charge on any atom is 0.161 e. The molecule has 0 aliphatic heterocycles. The van der Waals surface area contributed by atoms with Gasteiger partial charge < -0.3 is 10.2 Å². The topological polar surface area (TPSA) is 73.1 Å². The third kappa shape index (κ3) is 4.16. The van der Waals surface area contributed by atoms with Gasteiger partial charge in [0.25, 0.3) is 0 Å². The zero-order valence-electron chi connectivity index (χ0n) is 12.8. The number of anilines is 1. The minimum absolute atomic E-state index is 0.160. The van der Waals surface area contributed by atoms with Crippen LogP contribution in [0.3, 0.4) is 0 Å². The van der Waals surface area contributed by atoms with Crippen LogP contribution in [0.15, 0.2) is 30.3 Å². The van der Waals surface area contributed by atoms with Crippen molar-refractivity contribution in [3.8, 4) is 17.1 Å². The van der Waals surface area contributed by atoms with E-state index < -0.39 is 0 Å². The largest absolute Gasteiger partial charge is 0.491 e. The lowest BCUT2D eigenvalue weighted by Crippen LogP contribution is -2.10. The van der Waals surface area contributed by atoms with Crippen molar-refractivity contribution in [3.05, 3.63) is 36.0 Å². The highest BCUT2D eigenvalue weighted by molar-refractivity contribution is 5.58. The van der Waals surface area contributed by atoms with E-state index in [2.05, 4.69) is 22.3 Å². The van der Waals surface area contributed by atoms with Crippen molar-refractivity contribution >= 4 is 5.82 Å². The van der Waals surface area contributed by atoms with E-state index in [1.165, 1.54) is 0 Å². The molecular formula is C16H22N4O. The number of nitrogens with two attached hydrogens (primary N) is 1. The number of hydrogen-bond acceptors (Lipinski definition) is 5. The predicted octanol–water partition coefficient (Wildman–Crippen LogP) is 3.17. The molecule has 1 heterocycles. The van der Waals surface area contributed by atoms with E-state index in [0.29, 0.717) is 11.6 Å². The van der Waals surface area contributed by atoms with Crippen LogP contribution in [0, 0.1) is 0 Å². The molecular weight excluding hydrogens is 264 g/mol. The number of ether oxygens (including phenoxy) is 1. The van der Waals surface area contributed by atoms with Gasteiger partial charge in [0.2, 0.25) is 0 Å². The van der Waals surface area contributed by atoms with Crippen LogP contribution < -0.4 is 16.0 Å². The second-order valence-electron chi connectivity index (χ2n) is 5.15. The molecule has 0 aliphatic rings. The number of nitrogens with one attached hydrogen (secondary N) is 1. The van der Waals surface area contributed by atoms with Gasteiger partial charge in [0.05, 0.1) is 6.10 Å². The fraction of sp³-hybridized carbons (Fsp3) is 0.375. The molecule has 2 rings (SSSR count). The summed E-state index contributed by atoms with van der Waals surface area (Å²) >= 11 is 0. The Kier molecular flexibility index (Phi) is 5.11. The Morgan fingerprint density at radius 1 is 1.19 bits per heavy atom. The number of nitrogens with zero attached hydrogens (tertiary/aromatic N) is 2. The Morgan fingerprint density at radius 3 is 2.48 bits per heavy atom. The van der Waals surface area contributed by atoms with Gasteiger partial charge >= 0.3 is 0 Å². The number of aryl methyl sites for hydroxylation is 1. The van der Waals surface area contributed by atoms with Crippen molar-refractivity contribution in [2.45, 2.75) is 39.7 Å². The van der Waals surface area contributed by atoms with Crippen molar-refractivity contribution in [3.63, 3.8) is 0 Å². The first kappa shape index (κ1) is 15.3. The third-order valence-corrected chi connectivity index (χ3v) is 2.92. The average molecular weight is 286 g/mol. The van der Waals surface area contributed by atoms with Crippen LogP contribution in [0.25, 0.3) is 11.4 Å². The molecule has 1 aromatic heterocycles. The SMILES string of the molecule is CCCc1cc(NN)nc(-c2ccc(OC(C)C)cc2)n1. The summed E-state index contributed by atoms with van der Waals surface area (Å²) in [6, 6.07) is 9.66. The summed E-state index contributed by atoms with van der Waals surface area (Å²) < 4.78 is 5.64. The Balaban J connectivity index is 2.29. The summed E-state index contributed by atoms with van der Waals surface area (Å²) in [5.74, 6) is 7.63. The maximum absolute atomic E-state index is 5.64. The summed E-state index contributed by atoms with van der Waals surface area (Å²) in [5, 5.41) is 0. The Hall–Kier alpha value is -2.14. The van der Waals surface area contributed by atoms with Gasteiger partial charge in [-0.3, -0.25) is 0 Å². The van der Waals surface area contributed by atoms with Crippen molar-refractivity contribution in [2.24, 2.45) is 5.84 Å². The van der Waals surface area contributed by atoms with Crippen LogP contribution in [0.4, 0.5) is 5.82 Å². The molecule has 1 aromatic carbocycles. The van der Waals surface area contributed by atoms with Gasteiger partial charge in [-0.05, 0) is 44.5 Å². The smallest absolute Gasteiger partial charge is 0.161 e. The van der Waals surface area contributed by atoms with E-state index in [1.54, 1.807) is 0 Å². The zero-order valence-corrected chi connectivity index (χ0v) is 12.8. The van der Waals surface area contributed by atoms with E-state index in [1.807, 2.05) is 44.2 Å². The second kappa shape index (κ2) is 7.04. The fourth-order valence-electron chi connectivity index (χ4n) is 2.04. The Morgan fingerprint density at radius 2 is 1.90 bits per heavy atom. The van der Waals surface area contributed by atoms with E-state index in [-0.39, 0.29) is 6.10 Å². The molecule has 0 bridgehead atoms. The average Bonchev–Trinajstić information content (AvgIpc) is 2.47. The lowest BCUT2D eigenvalue weighted by molar-refractivity contribution is 0.242. The van der Waals surface area contributed by atoms with Crippen molar-refractivity contribution in [1.29, 1.82) is 0 Å². The van der Waals surface area contributed by atoms with Crippen LogP contribution in [-0.2, 0) is 6.42 Å². The van der Waals surface area contributed by atoms with Gasteiger partial charge in [-0.2, -0.15) is 0 Å². The summed E-state index contributed by atoms with van der Waals surface area (Å²) in [5.41, 5.74) is 4.53. The van der Waals surface area contributed by atoms with Crippen molar-refractivity contribution in [2.75, 3.05) is 5.43 Å². The number of nitrogen functional groups attached to an aromatic ring is 1. The lowest BCUT2D eigenvalue weighted by Gasteiger charge is -2.10. The van der Waals surface area contributed by atoms with Gasteiger partial charge in [-0.15, -0.1) is 0 Å².